The van der Waals surface area contributed by atoms with Gasteiger partial charge in [-0.1, -0.05) is 0 Å². The van der Waals surface area contributed by atoms with Crippen molar-refractivity contribution in [2.24, 2.45) is 0 Å². The molecular formula is C10H3BrF5NO2S2. The highest BCUT2D eigenvalue weighted by Crippen LogP contribution is 2.31. The van der Waals surface area contributed by atoms with Crippen molar-refractivity contribution < 1.29 is 30.4 Å². The van der Waals surface area contributed by atoms with Crippen LogP contribution in [-0.2, 0) is 10.0 Å². The summed E-state index contributed by atoms with van der Waals surface area (Å²) < 4.78 is 90.7. The van der Waals surface area contributed by atoms with Crippen LogP contribution in [0.2, 0.25) is 0 Å². The molecule has 11 heteroatoms. The minimum Gasteiger partial charge on any atom is -0.273 e. The Morgan fingerprint density at radius 2 is 1.38 bits per heavy atom. The van der Waals surface area contributed by atoms with Crippen molar-refractivity contribution >= 4 is 43.0 Å². The van der Waals surface area contributed by atoms with Crippen molar-refractivity contribution in [1.82, 2.24) is 0 Å². The van der Waals surface area contributed by atoms with E-state index in [1.54, 1.807) is 0 Å². The Labute approximate surface area is 127 Å². The number of hydrogen-bond acceptors (Lipinski definition) is 3. The largest absolute Gasteiger partial charge is 0.273 e. The van der Waals surface area contributed by atoms with Crippen LogP contribution in [0.1, 0.15) is 0 Å². The van der Waals surface area contributed by atoms with Crippen LogP contribution in [0.25, 0.3) is 0 Å². The molecule has 3 nitrogen and oxygen atoms in total. The third-order valence-electron chi connectivity index (χ3n) is 2.26. The number of rotatable bonds is 3. The van der Waals surface area contributed by atoms with Crippen LogP contribution < -0.4 is 4.72 Å². The summed E-state index contributed by atoms with van der Waals surface area (Å²) in [6.07, 6.45) is 0. The number of nitrogens with one attached hydrogen (secondary N) is 1. The average molecular weight is 408 g/mol. The quantitative estimate of drug-likeness (QED) is 0.474. The van der Waals surface area contributed by atoms with Gasteiger partial charge in [-0.05, 0) is 28.1 Å². The monoisotopic (exact) mass is 407 g/mol. The lowest BCUT2D eigenvalue weighted by Crippen LogP contribution is -2.16. The van der Waals surface area contributed by atoms with Gasteiger partial charge >= 0.3 is 0 Å². The molecule has 1 aromatic carbocycles. The smallest absolute Gasteiger partial charge is 0.271 e. The molecule has 1 aromatic heterocycles. The number of anilines is 1. The fraction of sp³-hybridized carbons (Fsp3) is 0. The molecule has 1 heterocycles. The summed E-state index contributed by atoms with van der Waals surface area (Å²) in [5.41, 5.74) is -1.63. The number of sulfonamides is 1. The standard InChI is InChI=1S/C10H3BrF5NO2S2/c11-3-1-2-4(20-3)21(18,19)17-10-8(15)6(13)5(12)7(14)9(10)16/h1-2,17H. The Hall–Kier alpha value is -1.20. The Kier molecular flexibility index (Phi) is 4.26. The van der Waals surface area contributed by atoms with Gasteiger partial charge in [-0.2, -0.15) is 0 Å². The van der Waals surface area contributed by atoms with E-state index in [1.807, 2.05) is 0 Å². The lowest BCUT2D eigenvalue weighted by molar-refractivity contribution is 0.382. The number of thiophene rings is 1. The summed E-state index contributed by atoms with van der Waals surface area (Å²) in [6, 6.07) is 2.45. The summed E-state index contributed by atoms with van der Waals surface area (Å²) in [5, 5.41) is 0. The van der Waals surface area contributed by atoms with Crippen molar-refractivity contribution in [2.45, 2.75) is 4.21 Å². The third-order valence-corrected chi connectivity index (χ3v) is 5.72. The SMILES string of the molecule is O=S(=O)(Nc1c(F)c(F)c(F)c(F)c1F)c1ccc(Br)s1. The summed E-state index contributed by atoms with van der Waals surface area (Å²) >= 11 is 3.68. The maximum absolute atomic E-state index is 13.4. The van der Waals surface area contributed by atoms with Crippen LogP contribution >= 0.6 is 27.3 Å². The molecule has 0 aliphatic heterocycles. The van der Waals surface area contributed by atoms with Gasteiger partial charge in [0.05, 0.1) is 3.79 Å². The molecule has 0 saturated heterocycles. The van der Waals surface area contributed by atoms with Gasteiger partial charge in [0.2, 0.25) is 5.82 Å². The van der Waals surface area contributed by atoms with Gasteiger partial charge in [0.1, 0.15) is 9.90 Å². The highest BCUT2D eigenvalue weighted by atomic mass is 79.9. The van der Waals surface area contributed by atoms with E-state index in [9.17, 15) is 30.4 Å². The zero-order valence-corrected chi connectivity index (χ0v) is 12.8. The van der Waals surface area contributed by atoms with Crippen molar-refractivity contribution in [3.05, 3.63) is 45.0 Å². The van der Waals surface area contributed by atoms with Crippen molar-refractivity contribution in [1.29, 1.82) is 0 Å². The second-order valence-electron chi connectivity index (χ2n) is 3.61. The average Bonchev–Trinajstić information content (AvgIpc) is 2.87. The maximum atomic E-state index is 13.4. The lowest BCUT2D eigenvalue weighted by Gasteiger charge is -2.10. The molecule has 0 unspecified atom stereocenters. The van der Waals surface area contributed by atoms with Gasteiger partial charge < -0.3 is 0 Å². The Morgan fingerprint density at radius 1 is 0.905 bits per heavy atom. The van der Waals surface area contributed by atoms with E-state index in [4.69, 9.17) is 0 Å². The number of hydrogen-bond donors (Lipinski definition) is 1. The van der Waals surface area contributed by atoms with E-state index in [1.165, 1.54) is 10.8 Å². The Morgan fingerprint density at radius 3 is 1.81 bits per heavy atom. The molecule has 0 saturated carbocycles. The van der Waals surface area contributed by atoms with Gasteiger partial charge in [0, 0.05) is 0 Å². The van der Waals surface area contributed by atoms with Gasteiger partial charge in [-0.25, -0.2) is 30.4 Å². The van der Waals surface area contributed by atoms with Crippen molar-refractivity contribution in [3.8, 4) is 0 Å². The second-order valence-corrected chi connectivity index (χ2v) is 7.98. The topological polar surface area (TPSA) is 46.2 Å². The molecule has 2 rings (SSSR count). The fourth-order valence-electron chi connectivity index (χ4n) is 1.32. The van der Waals surface area contributed by atoms with E-state index in [0.29, 0.717) is 15.1 Å². The molecule has 1 N–H and O–H groups in total. The molecule has 0 radical (unpaired) electrons. The van der Waals surface area contributed by atoms with E-state index < -0.39 is 44.8 Å². The molecule has 2 aromatic rings. The van der Waals surface area contributed by atoms with Crippen LogP contribution in [0.4, 0.5) is 27.6 Å². The van der Waals surface area contributed by atoms with Crippen molar-refractivity contribution in [3.63, 3.8) is 0 Å². The molecule has 0 spiro atoms. The summed E-state index contributed by atoms with van der Waals surface area (Å²) in [5.74, 6) is -11.4. The summed E-state index contributed by atoms with van der Waals surface area (Å²) in [4.78, 5) is 0. The number of halogens is 6. The van der Waals surface area contributed by atoms with Crippen LogP contribution in [0.3, 0.4) is 0 Å². The zero-order chi connectivity index (χ0) is 15.9. The normalized spacial score (nSPS) is 11.7. The number of benzene rings is 1. The third kappa shape index (κ3) is 2.90. The molecule has 114 valence electrons. The summed E-state index contributed by atoms with van der Waals surface area (Å²) in [6.45, 7) is 0. The highest BCUT2D eigenvalue weighted by Gasteiger charge is 2.29. The fourth-order valence-corrected chi connectivity index (χ4v) is 4.39. The molecule has 0 fully saturated rings. The van der Waals surface area contributed by atoms with Gasteiger partial charge in [-0.3, -0.25) is 4.72 Å². The Balaban J connectivity index is 2.55. The molecule has 0 aliphatic carbocycles. The van der Waals surface area contributed by atoms with E-state index in [2.05, 4.69) is 15.9 Å². The molecule has 0 aliphatic rings. The maximum Gasteiger partial charge on any atom is 0.271 e. The first-order valence-electron chi connectivity index (χ1n) is 4.94. The second kappa shape index (κ2) is 5.54. The first-order valence-corrected chi connectivity index (χ1v) is 8.04. The van der Waals surface area contributed by atoms with Crippen molar-refractivity contribution in [2.75, 3.05) is 4.72 Å². The van der Waals surface area contributed by atoms with E-state index >= 15 is 0 Å². The first-order chi connectivity index (χ1) is 9.65. The van der Waals surface area contributed by atoms with Gasteiger partial charge in [-0.15, -0.1) is 11.3 Å². The van der Waals surface area contributed by atoms with Crippen LogP contribution in [0.5, 0.6) is 0 Å². The van der Waals surface area contributed by atoms with E-state index in [0.717, 1.165) is 6.07 Å². The lowest BCUT2D eigenvalue weighted by atomic mass is 10.2. The predicted octanol–water partition coefficient (Wildman–Crippen LogP) is 4.01. The highest BCUT2D eigenvalue weighted by molar-refractivity contribution is 9.11. The Bertz CT molecular complexity index is 792. The molecule has 0 amide bonds. The van der Waals surface area contributed by atoms with Crippen LogP contribution in [0, 0.1) is 29.1 Å². The van der Waals surface area contributed by atoms with E-state index in [-0.39, 0.29) is 4.21 Å². The molecule has 21 heavy (non-hydrogen) atoms. The van der Waals surface area contributed by atoms with Gasteiger partial charge in [0.15, 0.2) is 23.3 Å². The molecular weight excluding hydrogens is 405 g/mol. The molecule has 0 bridgehead atoms. The van der Waals surface area contributed by atoms with Crippen LogP contribution in [0.15, 0.2) is 20.1 Å². The minimum absolute atomic E-state index is 0.363. The first kappa shape index (κ1) is 16.2. The predicted molar refractivity (Wildman–Crippen MR) is 69.1 cm³/mol. The van der Waals surface area contributed by atoms with Crippen LogP contribution in [-0.4, -0.2) is 8.42 Å². The summed E-state index contributed by atoms with van der Waals surface area (Å²) in [7, 11) is -4.48. The molecule has 0 atom stereocenters. The minimum atomic E-state index is -4.48. The van der Waals surface area contributed by atoms with Gasteiger partial charge in [0.25, 0.3) is 10.0 Å². The zero-order valence-electron chi connectivity index (χ0n) is 9.56.